The molecule has 2 fully saturated rings. The van der Waals surface area contributed by atoms with Crippen LogP contribution in [0.4, 0.5) is 5.69 Å². The van der Waals surface area contributed by atoms with Gasteiger partial charge >= 0.3 is 0 Å². The van der Waals surface area contributed by atoms with Crippen LogP contribution in [0.25, 0.3) is 12.2 Å². The molecule has 23 heavy (non-hydrogen) atoms. The van der Waals surface area contributed by atoms with Gasteiger partial charge in [-0.2, -0.15) is 0 Å². The van der Waals surface area contributed by atoms with Crippen molar-refractivity contribution < 1.29 is 0 Å². The number of hydrogen-bond acceptors (Lipinski definition) is 2. The summed E-state index contributed by atoms with van der Waals surface area (Å²) in [5.41, 5.74) is 6.68. The molecule has 0 radical (unpaired) electrons. The Morgan fingerprint density at radius 2 is 1.52 bits per heavy atom. The number of anilines is 1. The molecule has 2 aliphatic rings. The van der Waals surface area contributed by atoms with Crippen molar-refractivity contribution >= 4 is 17.8 Å². The molecule has 0 spiro atoms. The van der Waals surface area contributed by atoms with Crippen molar-refractivity contribution in [1.82, 2.24) is 0 Å². The van der Waals surface area contributed by atoms with Crippen LogP contribution in [0.3, 0.4) is 0 Å². The van der Waals surface area contributed by atoms with Crippen LogP contribution in [0.2, 0.25) is 0 Å². The first-order valence-corrected chi connectivity index (χ1v) is 8.62. The van der Waals surface area contributed by atoms with Gasteiger partial charge in [-0.1, -0.05) is 48.6 Å². The highest BCUT2D eigenvalue weighted by Gasteiger charge is 2.27. The zero-order valence-electron chi connectivity index (χ0n) is 13.7. The zero-order chi connectivity index (χ0) is 15.8. The van der Waals surface area contributed by atoms with E-state index in [4.69, 9.17) is 5.84 Å². The van der Waals surface area contributed by atoms with E-state index in [1.807, 2.05) is 7.05 Å². The Balaban J connectivity index is 1.73. The predicted octanol–water partition coefficient (Wildman–Crippen LogP) is 4.92. The molecule has 0 aliphatic heterocycles. The molecule has 0 amide bonds. The Bertz CT molecular complexity index is 717. The van der Waals surface area contributed by atoms with Crippen molar-refractivity contribution in [3.8, 4) is 0 Å². The van der Waals surface area contributed by atoms with E-state index in [1.54, 1.807) is 5.01 Å². The largest absolute Gasteiger partial charge is 0.314 e. The SMILES string of the molecule is CN(N)c1cccc(C2CC2)c1/C=C/c1ccccc1C1CC1. The van der Waals surface area contributed by atoms with E-state index < -0.39 is 0 Å². The second-order valence-electron chi connectivity index (χ2n) is 6.90. The molecule has 0 unspecified atom stereocenters. The fourth-order valence-corrected chi connectivity index (χ4v) is 3.41. The average Bonchev–Trinajstić information content (AvgIpc) is 3.46. The topological polar surface area (TPSA) is 29.3 Å². The molecule has 2 nitrogen and oxygen atoms in total. The summed E-state index contributed by atoms with van der Waals surface area (Å²) in [5.74, 6) is 7.55. The number of nitrogens with zero attached hydrogens (tertiary/aromatic N) is 1. The number of hydrogen-bond donors (Lipinski definition) is 1. The summed E-state index contributed by atoms with van der Waals surface area (Å²) in [6, 6.07) is 15.3. The summed E-state index contributed by atoms with van der Waals surface area (Å²) >= 11 is 0. The van der Waals surface area contributed by atoms with Crippen LogP contribution in [-0.4, -0.2) is 7.05 Å². The molecule has 2 aromatic carbocycles. The normalized spacial score (nSPS) is 17.7. The van der Waals surface area contributed by atoms with Gasteiger partial charge in [0.25, 0.3) is 0 Å². The van der Waals surface area contributed by atoms with Gasteiger partial charge in [0.2, 0.25) is 0 Å². The summed E-state index contributed by atoms with van der Waals surface area (Å²) in [5, 5.41) is 1.73. The van der Waals surface area contributed by atoms with E-state index in [-0.39, 0.29) is 0 Å². The monoisotopic (exact) mass is 304 g/mol. The molecule has 2 N–H and O–H groups in total. The lowest BCUT2D eigenvalue weighted by molar-refractivity contribution is 1.00. The summed E-state index contributed by atoms with van der Waals surface area (Å²) in [4.78, 5) is 0. The molecular weight excluding hydrogens is 280 g/mol. The minimum atomic E-state index is 0.716. The first-order valence-electron chi connectivity index (χ1n) is 8.62. The highest BCUT2D eigenvalue weighted by molar-refractivity contribution is 5.80. The van der Waals surface area contributed by atoms with E-state index in [1.165, 1.54) is 47.9 Å². The summed E-state index contributed by atoms with van der Waals surface area (Å²) in [6.45, 7) is 0. The third-order valence-corrected chi connectivity index (χ3v) is 4.96. The van der Waals surface area contributed by atoms with Crippen molar-refractivity contribution in [2.45, 2.75) is 37.5 Å². The molecule has 0 atom stereocenters. The van der Waals surface area contributed by atoms with Gasteiger partial charge in [-0.25, -0.2) is 5.84 Å². The smallest absolute Gasteiger partial charge is 0.0589 e. The van der Waals surface area contributed by atoms with Gasteiger partial charge in [0.1, 0.15) is 0 Å². The molecule has 0 saturated heterocycles. The summed E-state index contributed by atoms with van der Waals surface area (Å²) in [7, 11) is 1.92. The number of rotatable bonds is 5. The Hall–Kier alpha value is -2.06. The molecule has 0 aromatic heterocycles. The summed E-state index contributed by atoms with van der Waals surface area (Å²) in [6.07, 6.45) is 9.82. The molecular formula is C21H24N2. The first-order chi connectivity index (χ1) is 11.2. The van der Waals surface area contributed by atoms with Crippen molar-refractivity contribution in [2.75, 3.05) is 12.1 Å². The Kier molecular flexibility index (Phi) is 3.70. The minimum Gasteiger partial charge on any atom is -0.314 e. The van der Waals surface area contributed by atoms with Crippen LogP contribution in [0.1, 0.15) is 59.8 Å². The molecule has 2 saturated carbocycles. The van der Waals surface area contributed by atoms with Gasteiger partial charge in [0, 0.05) is 12.6 Å². The number of nitrogens with two attached hydrogens (primary N) is 1. The maximum absolute atomic E-state index is 6.06. The minimum absolute atomic E-state index is 0.716. The van der Waals surface area contributed by atoms with Gasteiger partial charge in [-0.05, 0) is 60.3 Å². The lowest BCUT2D eigenvalue weighted by Crippen LogP contribution is -2.26. The molecule has 4 rings (SSSR count). The van der Waals surface area contributed by atoms with Crippen molar-refractivity contribution in [1.29, 1.82) is 0 Å². The van der Waals surface area contributed by atoms with Crippen LogP contribution >= 0.6 is 0 Å². The van der Waals surface area contributed by atoms with Crippen molar-refractivity contribution in [3.63, 3.8) is 0 Å². The first kappa shape index (κ1) is 14.5. The Morgan fingerprint density at radius 1 is 0.870 bits per heavy atom. The molecule has 118 valence electrons. The van der Waals surface area contributed by atoms with Crippen LogP contribution in [0, 0.1) is 0 Å². The standard InChI is InChI=1S/C21H24N2/c1-23(22)21-8-4-7-19(17-11-12-17)20(21)14-13-15-5-2-3-6-18(15)16-9-10-16/h2-8,13-14,16-17H,9-12,22H2,1H3/b14-13+. The Morgan fingerprint density at radius 3 is 2.22 bits per heavy atom. The average molecular weight is 304 g/mol. The van der Waals surface area contributed by atoms with E-state index in [0.717, 1.165) is 11.6 Å². The number of hydrazine groups is 1. The highest BCUT2D eigenvalue weighted by atomic mass is 15.4. The number of benzene rings is 2. The van der Waals surface area contributed by atoms with Crippen LogP contribution in [-0.2, 0) is 0 Å². The van der Waals surface area contributed by atoms with E-state index in [9.17, 15) is 0 Å². The van der Waals surface area contributed by atoms with Gasteiger partial charge in [-0.15, -0.1) is 0 Å². The molecule has 0 bridgehead atoms. The van der Waals surface area contributed by atoms with Gasteiger partial charge in [0.05, 0.1) is 5.69 Å². The lowest BCUT2D eigenvalue weighted by Gasteiger charge is -2.18. The predicted molar refractivity (Wildman–Crippen MR) is 98.4 cm³/mol. The highest BCUT2D eigenvalue weighted by Crippen LogP contribution is 2.45. The lowest BCUT2D eigenvalue weighted by atomic mass is 9.98. The van der Waals surface area contributed by atoms with E-state index in [0.29, 0.717) is 5.92 Å². The Labute approximate surface area is 138 Å². The third-order valence-electron chi connectivity index (χ3n) is 4.96. The van der Waals surface area contributed by atoms with Gasteiger partial charge in [-0.3, -0.25) is 0 Å². The van der Waals surface area contributed by atoms with Crippen LogP contribution in [0.15, 0.2) is 42.5 Å². The van der Waals surface area contributed by atoms with Crippen LogP contribution < -0.4 is 10.9 Å². The fraction of sp³-hybridized carbons (Fsp3) is 0.333. The van der Waals surface area contributed by atoms with Crippen molar-refractivity contribution in [2.24, 2.45) is 5.84 Å². The third kappa shape index (κ3) is 3.04. The second-order valence-corrected chi connectivity index (χ2v) is 6.90. The van der Waals surface area contributed by atoms with Crippen molar-refractivity contribution in [3.05, 3.63) is 64.7 Å². The maximum atomic E-state index is 6.06. The van der Waals surface area contributed by atoms with Crippen LogP contribution in [0.5, 0.6) is 0 Å². The second kappa shape index (κ2) is 5.86. The maximum Gasteiger partial charge on any atom is 0.0589 e. The van der Waals surface area contributed by atoms with Gasteiger partial charge < -0.3 is 5.01 Å². The molecule has 2 aliphatic carbocycles. The fourth-order valence-electron chi connectivity index (χ4n) is 3.41. The molecule has 2 aromatic rings. The van der Waals surface area contributed by atoms with E-state index in [2.05, 4.69) is 54.6 Å². The van der Waals surface area contributed by atoms with Gasteiger partial charge in [0.15, 0.2) is 0 Å². The summed E-state index contributed by atoms with van der Waals surface area (Å²) < 4.78 is 0. The zero-order valence-corrected chi connectivity index (χ0v) is 13.7. The van der Waals surface area contributed by atoms with E-state index >= 15 is 0 Å². The molecule has 0 heterocycles. The molecule has 2 heteroatoms. The quantitative estimate of drug-likeness (QED) is 0.482.